The summed E-state index contributed by atoms with van der Waals surface area (Å²) in [5.74, 6) is 1.83. The first-order chi connectivity index (χ1) is 26.8. The van der Waals surface area contributed by atoms with Gasteiger partial charge in [-0.3, -0.25) is 9.80 Å². The number of anilines is 5. The third-order valence-corrected chi connectivity index (χ3v) is 11.0. The van der Waals surface area contributed by atoms with Gasteiger partial charge < -0.3 is 0 Å². The molecule has 0 amide bonds. The molecule has 0 N–H and O–H groups in total. The number of allylic oxidation sites excluding steroid dienone is 4. The Morgan fingerprint density at radius 3 is 1.76 bits per heavy atom. The lowest BCUT2D eigenvalue weighted by Gasteiger charge is -2.32. The first-order valence-electron chi connectivity index (χ1n) is 18.8. The molecular formula is C50H38N4. The standard InChI is InChI=1S/C50H38N4/c1-3-11-35(12-4-1)37-17-25-41(26-18-37)53(47-15-7-9-33-51-47)45-31-23-39-22-30-44-46(32-24-40-21-29-43(45)49(39)50(40)44)54(48-16-8-10-34-52-48)42-27-19-38(20-28-42)36-13-5-2-6-14-36/h1-19,22-27,30-34H,20-21,28-29H2. The van der Waals surface area contributed by atoms with E-state index < -0.39 is 0 Å². The van der Waals surface area contributed by atoms with Crippen LogP contribution in [0.2, 0.25) is 0 Å². The molecule has 0 unspecified atom stereocenters. The highest BCUT2D eigenvalue weighted by atomic mass is 15.2. The predicted molar refractivity (Wildman–Crippen MR) is 225 cm³/mol. The molecule has 2 heterocycles. The van der Waals surface area contributed by atoms with Gasteiger partial charge in [0.2, 0.25) is 0 Å². The van der Waals surface area contributed by atoms with Crippen molar-refractivity contribution in [1.29, 1.82) is 0 Å². The molecule has 0 bridgehead atoms. The average molecular weight is 695 g/mol. The third kappa shape index (κ3) is 5.64. The van der Waals surface area contributed by atoms with Gasteiger partial charge in [-0.25, -0.2) is 9.97 Å². The summed E-state index contributed by atoms with van der Waals surface area (Å²) in [5.41, 5.74) is 12.5. The molecule has 0 saturated carbocycles. The second-order valence-corrected chi connectivity index (χ2v) is 14.1. The molecular weight excluding hydrogens is 657 g/mol. The minimum Gasteiger partial charge on any atom is -0.298 e. The van der Waals surface area contributed by atoms with Crippen LogP contribution >= 0.6 is 0 Å². The minimum atomic E-state index is 0.903. The fourth-order valence-corrected chi connectivity index (χ4v) is 8.44. The number of hydrogen-bond donors (Lipinski definition) is 0. The maximum atomic E-state index is 4.91. The van der Waals surface area contributed by atoms with E-state index in [-0.39, 0.29) is 0 Å². The van der Waals surface area contributed by atoms with Crippen molar-refractivity contribution in [2.45, 2.75) is 25.7 Å². The molecule has 2 aliphatic rings. The van der Waals surface area contributed by atoms with Crippen LogP contribution in [-0.4, -0.2) is 9.97 Å². The molecule has 54 heavy (non-hydrogen) atoms. The number of aryl methyl sites for hydroxylation is 2. The predicted octanol–water partition coefficient (Wildman–Crippen LogP) is 12.9. The zero-order chi connectivity index (χ0) is 35.8. The molecule has 8 aromatic rings. The lowest BCUT2D eigenvalue weighted by molar-refractivity contribution is 0.920. The quantitative estimate of drug-likeness (QED) is 0.148. The molecule has 2 aromatic heterocycles. The molecule has 0 saturated heterocycles. The monoisotopic (exact) mass is 694 g/mol. The van der Waals surface area contributed by atoms with Gasteiger partial charge in [-0.05, 0) is 130 Å². The smallest absolute Gasteiger partial charge is 0.137 e. The summed E-state index contributed by atoms with van der Waals surface area (Å²) < 4.78 is 0. The number of rotatable bonds is 8. The highest BCUT2D eigenvalue weighted by Gasteiger charge is 2.27. The Labute approximate surface area is 316 Å². The van der Waals surface area contributed by atoms with Gasteiger partial charge in [0.15, 0.2) is 0 Å². The molecule has 0 fully saturated rings. The van der Waals surface area contributed by atoms with Gasteiger partial charge >= 0.3 is 0 Å². The largest absolute Gasteiger partial charge is 0.298 e. The number of aromatic nitrogens is 2. The van der Waals surface area contributed by atoms with Crippen molar-refractivity contribution >= 4 is 55.8 Å². The number of pyridine rings is 2. The molecule has 4 nitrogen and oxygen atoms in total. The van der Waals surface area contributed by atoms with Gasteiger partial charge in [0, 0.05) is 29.2 Å². The van der Waals surface area contributed by atoms with Crippen LogP contribution in [-0.2, 0) is 12.8 Å². The zero-order valence-corrected chi connectivity index (χ0v) is 29.9. The van der Waals surface area contributed by atoms with E-state index in [4.69, 9.17) is 9.97 Å². The van der Waals surface area contributed by atoms with Crippen molar-refractivity contribution in [3.63, 3.8) is 0 Å². The van der Waals surface area contributed by atoms with E-state index >= 15 is 0 Å². The van der Waals surface area contributed by atoms with Crippen LogP contribution in [0.4, 0.5) is 28.7 Å². The van der Waals surface area contributed by atoms with Gasteiger partial charge in [0.1, 0.15) is 11.6 Å². The Bertz CT molecular complexity index is 2690. The average Bonchev–Trinajstić information content (AvgIpc) is 3.26. The van der Waals surface area contributed by atoms with Crippen molar-refractivity contribution in [3.05, 3.63) is 205 Å². The highest BCUT2D eigenvalue weighted by molar-refractivity contribution is 6.17. The fraction of sp³-hybridized carbons (Fsp3) is 0.0800. The van der Waals surface area contributed by atoms with E-state index in [9.17, 15) is 0 Å². The molecule has 2 aliphatic carbocycles. The highest BCUT2D eigenvalue weighted by Crippen LogP contribution is 2.47. The summed E-state index contributed by atoms with van der Waals surface area (Å²) in [5, 5.41) is 5.18. The van der Waals surface area contributed by atoms with Crippen LogP contribution in [0.5, 0.6) is 0 Å². The first kappa shape index (κ1) is 31.9. The maximum Gasteiger partial charge on any atom is 0.137 e. The molecule has 10 rings (SSSR count). The van der Waals surface area contributed by atoms with Gasteiger partial charge in [-0.15, -0.1) is 0 Å². The maximum absolute atomic E-state index is 4.91. The fourth-order valence-electron chi connectivity index (χ4n) is 8.44. The number of hydrogen-bond acceptors (Lipinski definition) is 4. The summed E-state index contributed by atoms with van der Waals surface area (Å²) in [6.07, 6.45) is 12.2. The number of benzene rings is 6. The summed E-state index contributed by atoms with van der Waals surface area (Å²) >= 11 is 0. The minimum absolute atomic E-state index is 0.903. The number of nitrogens with zero attached hydrogens (tertiary/aromatic N) is 4. The van der Waals surface area contributed by atoms with Crippen molar-refractivity contribution in [3.8, 4) is 11.1 Å². The van der Waals surface area contributed by atoms with Crippen LogP contribution in [0.1, 0.15) is 29.5 Å². The van der Waals surface area contributed by atoms with Crippen LogP contribution in [0.15, 0.2) is 188 Å². The second-order valence-electron chi connectivity index (χ2n) is 14.1. The van der Waals surface area contributed by atoms with Crippen molar-refractivity contribution in [2.24, 2.45) is 0 Å². The van der Waals surface area contributed by atoms with E-state index in [0.717, 1.165) is 48.7 Å². The zero-order valence-electron chi connectivity index (χ0n) is 29.9. The van der Waals surface area contributed by atoms with Crippen molar-refractivity contribution in [1.82, 2.24) is 9.97 Å². The van der Waals surface area contributed by atoms with Gasteiger partial charge in [-0.1, -0.05) is 115 Å². The Kier molecular flexibility index (Phi) is 8.07. The summed E-state index contributed by atoms with van der Waals surface area (Å²) in [4.78, 5) is 14.5. The summed E-state index contributed by atoms with van der Waals surface area (Å²) in [7, 11) is 0. The van der Waals surface area contributed by atoms with Crippen LogP contribution in [0.3, 0.4) is 0 Å². The van der Waals surface area contributed by atoms with E-state index in [1.165, 1.54) is 66.3 Å². The molecule has 4 heteroatoms. The third-order valence-electron chi connectivity index (χ3n) is 11.0. The molecule has 6 aromatic carbocycles. The summed E-state index contributed by atoms with van der Waals surface area (Å²) in [6.45, 7) is 0. The van der Waals surface area contributed by atoms with Crippen LogP contribution in [0, 0.1) is 0 Å². The van der Waals surface area contributed by atoms with E-state index in [0.29, 0.717) is 0 Å². The van der Waals surface area contributed by atoms with E-state index in [2.05, 4.69) is 168 Å². The topological polar surface area (TPSA) is 32.3 Å². The van der Waals surface area contributed by atoms with Crippen molar-refractivity contribution in [2.75, 3.05) is 9.80 Å². The Hall–Kier alpha value is -6.78. The lowest BCUT2D eigenvalue weighted by atomic mass is 9.84. The van der Waals surface area contributed by atoms with Crippen molar-refractivity contribution < 1.29 is 0 Å². The van der Waals surface area contributed by atoms with E-state index in [1.807, 2.05) is 24.5 Å². The molecule has 0 atom stereocenters. The van der Waals surface area contributed by atoms with Crippen LogP contribution < -0.4 is 9.80 Å². The second kappa shape index (κ2) is 13.6. The molecule has 0 spiro atoms. The first-order valence-corrected chi connectivity index (χ1v) is 18.8. The van der Waals surface area contributed by atoms with E-state index in [1.54, 1.807) is 0 Å². The Morgan fingerprint density at radius 1 is 0.426 bits per heavy atom. The van der Waals surface area contributed by atoms with Crippen LogP contribution in [0.25, 0.3) is 38.2 Å². The van der Waals surface area contributed by atoms with Gasteiger partial charge in [-0.2, -0.15) is 0 Å². The summed E-state index contributed by atoms with van der Waals surface area (Å²) in [6, 6.07) is 56.5. The molecule has 0 aliphatic heterocycles. The normalized spacial score (nSPS) is 13.5. The van der Waals surface area contributed by atoms with Gasteiger partial charge in [0.05, 0.1) is 11.4 Å². The molecule has 258 valence electrons. The SMILES string of the molecule is C1=C(c2ccccc2)CCC(N(c2ccccn2)c2ccc3c4c2ccc2ccc(N(c5ccc(-c6ccccc6)cc5)c5ccccn5)c(c24)CC3)=C1. The van der Waals surface area contributed by atoms with Gasteiger partial charge in [0.25, 0.3) is 0 Å². The lowest BCUT2D eigenvalue weighted by Crippen LogP contribution is -2.20. The Balaban J connectivity index is 1.14. The molecule has 0 radical (unpaired) electrons. The Morgan fingerprint density at radius 2 is 1.07 bits per heavy atom.